The van der Waals surface area contributed by atoms with Gasteiger partial charge in [-0.15, -0.1) is 5.10 Å². The molecule has 172 valence electrons. The summed E-state index contributed by atoms with van der Waals surface area (Å²) in [6.45, 7) is 0. The molecule has 3 N–H and O–H groups in total. The van der Waals surface area contributed by atoms with E-state index in [1.54, 1.807) is 28.5 Å². The van der Waals surface area contributed by atoms with Gasteiger partial charge in [0.25, 0.3) is 12.3 Å². The Labute approximate surface area is 191 Å². The highest BCUT2D eigenvalue weighted by atomic mass is 19.3. The number of benzene rings is 2. The van der Waals surface area contributed by atoms with Gasteiger partial charge in [0.2, 0.25) is 5.95 Å². The first kappa shape index (κ1) is 21.5. The second kappa shape index (κ2) is 8.22. The summed E-state index contributed by atoms with van der Waals surface area (Å²) < 4.78 is 44.1. The van der Waals surface area contributed by atoms with E-state index < -0.39 is 24.2 Å². The molecule has 3 aromatic heterocycles. The van der Waals surface area contributed by atoms with Gasteiger partial charge in [-0.1, -0.05) is 18.2 Å². The number of hydrogen-bond acceptors (Lipinski definition) is 4. The molecule has 0 radical (unpaired) electrons. The number of nitrogens with two attached hydrogens (primary N) is 1. The van der Waals surface area contributed by atoms with E-state index in [-0.39, 0.29) is 17.1 Å². The Kier molecular flexibility index (Phi) is 5.20. The highest BCUT2D eigenvalue weighted by Gasteiger charge is 2.26. The number of carbonyl (C=O) groups is 1. The molecule has 0 aliphatic heterocycles. The molecule has 0 fully saturated rings. The van der Waals surface area contributed by atoms with E-state index in [1.807, 2.05) is 30.3 Å². The number of aromatic nitrogens is 4. The molecule has 0 bridgehead atoms. The van der Waals surface area contributed by atoms with Crippen LogP contribution in [0.3, 0.4) is 0 Å². The van der Waals surface area contributed by atoms with E-state index in [2.05, 4.69) is 15.4 Å². The third-order valence-corrected chi connectivity index (χ3v) is 5.69. The van der Waals surface area contributed by atoms with Gasteiger partial charge in [-0.3, -0.25) is 4.79 Å². The van der Waals surface area contributed by atoms with Gasteiger partial charge in [-0.2, -0.15) is 4.98 Å². The van der Waals surface area contributed by atoms with Crippen molar-refractivity contribution in [3.8, 4) is 11.1 Å². The number of aryl methyl sites for hydroxylation is 1. The number of nitrogen functional groups attached to an aromatic ring is 1. The Hall–Kier alpha value is -4.34. The van der Waals surface area contributed by atoms with E-state index in [0.717, 1.165) is 28.8 Å². The number of rotatable bonds is 5. The quantitative estimate of drug-likeness (QED) is 0.405. The fraction of sp³-hybridized carbons (Fsp3) is 0.125. The lowest BCUT2D eigenvalue weighted by molar-refractivity contribution is 0.0745. The van der Waals surface area contributed by atoms with Gasteiger partial charge in [0.05, 0.1) is 5.56 Å². The number of fused-ring (bicyclic) bond motifs is 2. The minimum absolute atomic E-state index is 0.117. The van der Waals surface area contributed by atoms with E-state index in [4.69, 9.17) is 5.73 Å². The second-order valence-corrected chi connectivity index (χ2v) is 7.91. The lowest BCUT2D eigenvalue weighted by atomic mass is 10.0. The number of nitrogens with zero attached hydrogens (tertiary/aromatic N) is 4. The first-order valence-electron chi connectivity index (χ1n) is 10.4. The normalized spacial score (nSPS) is 12.5. The van der Waals surface area contributed by atoms with Crippen LogP contribution in [0.5, 0.6) is 0 Å². The molecule has 0 saturated carbocycles. The molecular weight excluding hydrogens is 445 g/mol. The molecule has 3 heterocycles. The van der Waals surface area contributed by atoms with Crippen LogP contribution >= 0.6 is 0 Å². The van der Waals surface area contributed by atoms with Crippen LogP contribution in [-0.2, 0) is 7.05 Å². The van der Waals surface area contributed by atoms with Gasteiger partial charge >= 0.3 is 0 Å². The lowest BCUT2D eigenvalue weighted by Crippen LogP contribution is -2.32. The Balaban J connectivity index is 1.52. The van der Waals surface area contributed by atoms with Crippen LogP contribution in [-0.4, -0.2) is 31.5 Å². The first-order valence-corrected chi connectivity index (χ1v) is 10.4. The van der Waals surface area contributed by atoms with E-state index in [9.17, 15) is 18.0 Å². The molecule has 0 unspecified atom stereocenters. The van der Waals surface area contributed by atoms with Crippen LogP contribution in [0.1, 0.15) is 22.0 Å². The summed E-state index contributed by atoms with van der Waals surface area (Å²) in [6.07, 6.45) is 0.453. The monoisotopic (exact) mass is 464 g/mol. The fourth-order valence-corrected chi connectivity index (χ4v) is 4.01. The average Bonchev–Trinajstić information content (AvgIpc) is 3.35. The highest BCUT2D eigenvalue weighted by Crippen LogP contribution is 2.29. The van der Waals surface area contributed by atoms with Gasteiger partial charge < -0.3 is 15.6 Å². The zero-order valence-corrected chi connectivity index (χ0v) is 17.9. The molecule has 0 aliphatic carbocycles. The Morgan fingerprint density at radius 3 is 2.53 bits per heavy atom. The summed E-state index contributed by atoms with van der Waals surface area (Å²) in [5.41, 5.74) is 8.99. The number of amides is 1. The molecular formula is C24H19F3N6O. The van der Waals surface area contributed by atoms with Crippen molar-refractivity contribution in [3.05, 3.63) is 83.9 Å². The van der Waals surface area contributed by atoms with Crippen molar-refractivity contribution in [1.82, 2.24) is 24.5 Å². The molecule has 5 rings (SSSR count). The lowest BCUT2D eigenvalue weighted by Gasteiger charge is -2.18. The number of pyridine rings is 1. The second-order valence-electron chi connectivity index (χ2n) is 7.91. The SMILES string of the molecule is Cn1cc(C(=O)N[C@H](c2ccc(F)cc2)C(F)F)c2cc(-c3ccn4nc(N)nc4c3)ccc21. The fourth-order valence-electron chi connectivity index (χ4n) is 4.01. The number of alkyl halides is 2. The summed E-state index contributed by atoms with van der Waals surface area (Å²) in [7, 11) is 1.77. The minimum Gasteiger partial charge on any atom is -0.366 e. The molecule has 2 aromatic carbocycles. The summed E-state index contributed by atoms with van der Waals surface area (Å²) >= 11 is 0. The molecule has 34 heavy (non-hydrogen) atoms. The Bertz CT molecular complexity index is 1520. The van der Waals surface area contributed by atoms with Crippen molar-refractivity contribution in [2.24, 2.45) is 7.05 Å². The number of nitrogens with one attached hydrogen (secondary N) is 1. The van der Waals surface area contributed by atoms with Crippen molar-refractivity contribution in [1.29, 1.82) is 0 Å². The number of hydrogen-bond donors (Lipinski definition) is 2. The Morgan fingerprint density at radius 1 is 1.06 bits per heavy atom. The third kappa shape index (κ3) is 3.83. The number of halogens is 3. The molecule has 10 heteroatoms. The molecule has 1 atom stereocenters. The Morgan fingerprint density at radius 2 is 1.79 bits per heavy atom. The van der Waals surface area contributed by atoms with Crippen molar-refractivity contribution in [2.45, 2.75) is 12.5 Å². The van der Waals surface area contributed by atoms with Crippen LogP contribution < -0.4 is 11.1 Å². The summed E-state index contributed by atoms with van der Waals surface area (Å²) in [5.74, 6) is -1.04. The maximum Gasteiger partial charge on any atom is 0.262 e. The maximum absolute atomic E-state index is 13.8. The van der Waals surface area contributed by atoms with Gasteiger partial charge in [-0.25, -0.2) is 17.7 Å². The predicted molar refractivity (Wildman–Crippen MR) is 122 cm³/mol. The zero-order valence-electron chi connectivity index (χ0n) is 17.9. The average molecular weight is 464 g/mol. The smallest absolute Gasteiger partial charge is 0.262 e. The van der Waals surface area contributed by atoms with Gasteiger partial charge in [0, 0.05) is 30.3 Å². The molecule has 0 saturated heterocycles. The van der Waals surface area contributed by atoms with Crippen LogP contribution in [0.25, 0.3) is 27.7 Å². The topological polar surface area (TPSA) is 90.2 Å². The number of carbonyl (C=O) groups excluding carboxylic acids is 1. The van der Waals surface area contributed by atoms with Gasteiger partial charge in [-0.05, 0) is 53.1 Å². The van der Waals surface area contributed by atoms with Crippen molar-refractivity contribution in [3.63, 3.8) is 0 Å². The summed E-state index contributed by atoms with van der Waals surface area (Å²) in [4.78, 5) is 17.2. The minimum atomic E-state index is -2.87. The zero-order chi connectivity index (χ0) is 24.0. The first-order chi connectivity index (χ1) is 16.3. The molecule has 0 spiro atoms. The predicted octanol–water partition coefficient (Wildman–Crippen LogP) is 4.35. The molecule has 5 aromatic rings. The highest BCUT2D eigenvalue weighted by molar-refractivity contribution is 6.08. The van der Waals surface area contributed by atoms with Gasteiger partial charge in [0.1, 0.15) is 11.9 Å². The largest absolute Gasteiger partial charge is 0.366 e. The molecule has 0 aliphatic rings. The summed E-state index contributed by atoms with van der Waals surface area (Å²) in [6, 6.07) is 12.3. The van der Waals surface area contributed by atoms with E-state index >= 15 is 0 Å². The van der Waals surface area contributed by atoms with E-state index in [1.165, 1.54) is 12.1 Å². The standard InChI is InChI=1S/C24H19F3N6O/c1-32-12-18(23(34)30-21(22(26)27)13-2-5-16(25)6-3-13)17-10-14(4-7-19(17)32)15-8-9-33-20(11-15)29-24(28)31-33/h2-12,21-22H,1H3,(H2,28,31)(H,30,34)/t21-/m1/s1. The molecule has 7 nitrogen and oxygen atoms in total. The van der Waals surface area contributed by atoms with Crippen molar-refractivity contribution in [2.75, 3.05) is 5.73 Å². The number of anilines is 1. The van der Waals surface area contributed by atoms with Crippen LogP contribution in [0.2, 0.25) is 0 Å². The molecule has 1 amide bonds. The van der Waals surface area contributed by atoms with Crippen LogP contribution in [0.4, 0.5) is 19.1 Å². The third-order valence-electron chi connectivity index (χ3n) is 5.69. The summed E-state index contributed by atoms with van der Waals surface area (Å²) in [5, 5.41) is 7.06. The maximum atomic E-state index is 13.8. The van der Waals surface area contributed by atoms with Gasteiger partial charge in [0.15, 0.2) is 5.65 Å². The van der Waals surface area contributed by atoms with Crippen LogP contribution in [0.15, 0.2) is 67.0 Å². The van der Waals surface area contributed by atoms with Crippen LogP contribution in [0, 0.1) is 5.82 Å². The van der Waals surface area contributed by atoms with Crippen molar-refractivity contribution >= 4 is 28.4 Å². The van der Waals surface area contributed by atoms with Crippen molar-refractivity contribution < 1.29 is 18.0 Å². The van der Waals surface area contributed by atoms with E-state index in [0.29, 0.717) is 11.0 Å².